The Balaban J connectivity index is 2.04. The number of benzene rings is 1. The van der Waals surface area contributed by atoms with Crippen molar-refractivity contribution in [3.05, 3.63) is 44.8 Å². The minimum atomic E-state index is -0.517. The van der Waals surface area contributed by atoms with E-state index in [4.69, 9.17) is 4.74 Å². The second-order valence-corrected chi connectivity index (χ2v) is 7.25. The van der Waals surface area contributed by atoms with Crippen LogP contribution >= 0.6 is 11.3 Å². The molecule has 2 aromatic rings. The van der Waals surface area contributed by atoms with Crippen LogP contribution in [0.2, 0.25) is 0 Å². The number of thiophene rings is 1. The molecule has 136 valence electrons. The third kappa shape index (κ3) is 3.60. The molecule has 0 aliphatic heterocycles. The summed E-state index contributed by atoms with van der Waals surface area (Å²) in [7, 11) is 0. The van der Waals surface area contributed by atoms with E-state index >= 15 is 0 Å². The molecule has 1 aliphatic rings. The summed E-state index contributed by atoms with van der Waals surface area (Å²) in [6.07, 6.45) is 1.72. The molecular formula is C18H18N2O5S. The van der Waals surface area contributed by atoms with E-state index in [1.807, 2.05) is 6.92 Å². The number of esters is 1. The van der Waals surface area contributed by atoms with Crippen molar-refractivity contribution >= 4 is 33.9 Å². The van der Waals surface area contributed by atoms with Gasteiger partial charge >= 0.3 is 5.97 Å². The maximum atomic E-state index is 12.5. The third-order valence-corrected chi connectivity index (χ3v) is 5.14. The highest BCUT2D eigenvalue weighted by Gasteiger charge is 2.32. The van der Waals surface area contributed by atoms with Crippen molar-refractivity contribution < 1.29 is 19.2 Å². The zero-order valence-electron chi connectivity index (χ0n) is 14.4. The number of anilines is 1. The van der Waals surface area contributed by atoms with Gasteiger partial charge in [0, 0.05) is 28.5 Å². The molecule has 1 saturated carbocycles. The lowest BCUT2D eigenvalue weighted by atomic mass is 10.0. The highest BCUT2D eigenvalue weighted by molar-refractivity contribution is 7.17. The molecule has 0 radical (unpaired) electrons. The Morgan fingerprint density at radius 1 is 1.31 bits per heavy atom. The maximum Gasteiger partial charge on any atom is 0.341 e. The summed E-state index contributed by atoms with van der Waals surface area (Å²) < 4.78 is 5.17. The van der Waals surface area contributed by atoms with Gasteiger partial charge < -0.3 is 10.1 Å². The summed E-state index contributed by atoms with van der Waals surface area (Å²) in [5.74, 6) is -0.598. The van der Waals surface area contributed by atoms with Crippen LogP contribution in [-0.4, -0.2) is 23.4 Å². The zero-order valence-corrected chi connectivity index (χ0v) is 15.2. The number of hydrogen-bond donors (Lipinski definition) is 1. The number of nitro groups is 1. The molecule has 1 aromatic carbocycles. The largest absolute Gasteiger partial charge is 0.462 e. The molecule has 1 aliphatic carbocycles. The van der Waals surface area contributed by atoms with Crippen molar-refractivity contribution in [1.82, 2.24) is 0 Å². The Labute approximate surface area is 154 Å². The van der Waals surface area contributed by atoms with Gasteiger partial charge in [0.05, 0.1) is 11.5 Å². The average Bonchev–Trinajstić information content (AvgIpc) is 3.39. The number of non-ortho nitro benzene ring substituents is 1. The average molecular weight is 374 g/mol. The molecular weight excluding hydrogens is 356 g/mol. The first-order valence-electron chi connectivity index (χ1n) is 8.28. The summed E-state index contributed by atoms with van der Waals surface area (Å²) in [4.78, 5) is 35.9. The summed E-state index contributed by atoms with van der Waals surface area (Å²) in [5.41, 5.74) is 1.58. The van der Waals surface area contributed by atoms with Crippen LogP contribution in [-0.2, 0) is 9.53 Å². The van der Waals surface area contributed by atoms with Crippen LogP contribution in [0.25, 0.3) is 11.1 Å². The van der Waals surface area contributed by atoms with Crippen LogP contribution in [0.3, 0.4) is 0 Å². The number of aryl methyl sites for hydroxylation is 1. The summed E-state index contributed by atoms with van der Waals surface area (Å²) in [6, 6.07) is 5.98. The smallest absolute Gasteiger partial charge is 0.341 e. The van der Waals surface area contributed by atoms with Crippen LogP contribution in [0.15, 0.2) is 24.3 Å². The first-order valence-corrected chi connectivity index (χ1v) is 9.10. The second kappa shape index (κ2) is 7.25. The highest BCUT2D eigenvalue weighted by atomic mass is 32.1. The van der Waals surface area contributed by atoms with Crippen LogP contribution in [0.4, 0.5) is 10.7 Å². The molecule has 1 heterocycles. The minimum Gasteiger partial charge on any atom is -0.462 e. The van der Waals surface area contributed by atoms with Gasteiger partial charge in [-0.3, -0.25) is 14.9 Å². The number of amides is 1. The number of carbonyl (C=O) groups excluding carboxylic acids is 2. The number of nitrogens with one attached hydrogen (secondary N) is 1. The van der Waals surface area contributed by atoms with Gasteiger partial charge in [-0.2, -0.15) is 0 Å². The van der Waals surface area contributed by atoms with Gasteiger partial charge in [0.2, 0.25) is 5.91 Å². The van der Waals surface area contributed by atoms with Crippen molar-refractivity contribution in [2.45, 2.75) is 26.7 Å². The van der Waals surface area contributed by atoms with Gasteiger partial charge in [-0.1, -0.05) is 0 Å². The van der Waals surface area contributed by atoms with Crippen LogP contribution in [0.5, 0.6) is 0 Å². The molecule has 0 atom stereocenters. The maximum absolute atomic E-state index is 12.5. The Morgan fingerprint density at radius 2 is 1.96 bits per heavy atom. The number of ether oxygens (including phenoxy) is 1. The molecule has 1 aromatic heterocycles. The lowest BCUT2D eigenvalue weighted by Crippen LogP contribution is -2.15. The van der Waals surface area contributed by atoms with E-state index in [0.717, 1.165) is 17.7 Å². The summed E-state index contributed by atoms with van der Waals surface area (Å²) in [5, 5.41) is 14.2. The summed E-state index contributed by atoms with van der Waals surface area (Å²) in [6.45, 7) is 3.77. The van der Waals surface area contributed by atoms with Crippen LogP contribution in [0, 0.1) is 23.0 Å². The Morgan fingerprint density at radius 3 is 2.50 bits per heavy atom. The monoisotopic (exact) mass is 374 g/mol. The molecule has 1 amide bonds. The zero-order chi connectivity index (χ0) is 18.8. The van der Waals surface area contributed by atoms with Gasteiger partial charge in [-0.15, -0.1) is 11.3 Å². The number of rotatable bonds is 6. The minimum absolute atomic E-state index is 0.00952. The second-order valence-electron chi connectivity index (χ2n) is 6.03. The molecule has 1 fully saturated rings. The van der Waals surface area contributed by atoms with Gasteiger partial charge in [0.1, 0.15) is 10.6 Å². The number of hydrogen-bond acceptors (Lipinski definition) is 6. The van der Waals surface area contributed by atoms with Gasteiger partial charge in [0.15, 0.2) is 0 Å². The first kappa shape index (κ1) is 18.1. The molecule has 1 N–H and O–H groups in total. The van der Waals surface area contributed by atoms with Crippen molar-refractivity contribution in [3.8, 4) is 11.1 Å². The first-order chi connectivity index (χ1) is 12.4. The molecule has 8 heteroatoms. The van der Waals surface area contributed by atoms with E-state index in [-0.39, 0.29) is 24.1 Å². The van der Waals surface area contributed by atoms with Crippen molar-refractivity contribution in [3.63, 3.8) is 0 Å². The molecule has 0 unspecified atom stereocenters. The number of carbonyl (C=O) groups is 2. The normalized spacial score (nSPS) is 13.3. The fourth-order valence-electron chi connectivity index (χ4n) is 2.69. The van der Waals surface area contributed by atoms with E-state index in [1.165, 1.54) is 23.5 Å². The lowest BCUT2D eigenvalue weighted by molar-refractivity contribution is -0.384. The standard InChI is InChI=1S/C18H18N2O5S/c1-3-25-18(22)15-14(11-6-8-13(9-7-11)20(23)24)10(2)26-17(15)19-16(21)12-4-5-12/h6-9,12H,3-5H2,1-2H3,(H,19,21). The fourth-order valence-corrected chi connectivity index (χ4v) is 3.75. The number of nitrogens with zero attached hydrogens (tertiary/aromatic N) is 1. The van der Waals surface area contributed by atoms with E-state index in [0.29, 0.717) is 21.7 Å². The van der Waals surface area contributed by atoms with Gasteiger partial charge in [-0.25, -0.2) is 4.79 Å². The topological polar surface area (TPSA) is 98.5 Å². The van der Waals surface area contributed by atoms with E-state index in [2.05, 4.69) is 5.32 Å². The summed E-state index contributed by atoms with van der Waals surface area (Å²) >= 11 is 1.31. The van der Waals surface area contributed by atoms with Crippen LogP contribution < -0.4 is 5.32 Å². The Bertz CT molecular complexity index is 868. The van der Waals surface area contributed by atoms with Crippen LogP contribution in [0.1, 0.15) is 35.0 Å². The molecule has 0 bridgehead atoms. The molecule has 3 rings (SSSR count). The van der Waals surface area contributed by atoms with Crippen molar-refractivity contribution in [1.29, 1.82) is 0 Å². The quantitative estimate of drug-likeness (QED) is 0.465. The van der Waals surface area contributed by atoms with Crippen molar-refractivity contribution in [2.24, 2.45) is 5.92 Å². The molecule has 26 heavy (non-hydrogen) atoms. The predicted octanol–water partition coefficient (Wildman–Crippen LogP) is 4.16. The van der Waals surface area contributed by atoms with Gasteiger partial charge in [-0.05, 0) is 44.4 Å². The lowest BCUT2D eigenvalue weighted by Gasteiger charge is -2.09. The third-order valence-electron chi connectivity index (χ3n) is 4.12. The highest BCUT2D eigenvalue weighted by Crippen LogP contribution is 2.42. The van der Waals surface area contributed by atoms with Gasteiger partial charge in [0.25, 0.3) is 5.69 Å². The molecule has 0 spiro atoms. The molecule has 0 saturated heterocycles. The predicted molar refractivity (Wildman–Crippen MR) is 98.5 cm³/mol. The SMILES string of the molecule is CCOC(=O)c1c(NC(=O)C2CC2)sc(C)c1-c1ccc([N+](=O)[O-])cc1. The fraction of sp³-hybridized carbons (Fsp3) is 0.333. The van der Waals surface area contributed by atoms with E-state index in [9.17, 15) is 19.7 Å². The Kier molecular flexibility index (Phi) is 5.03. The van der Waals surface area contributed by atoms with E-state index < -0.39 is 10.9 Å². The Hall–Kier alpha value is -2.74. The van der Waals surface area contributed by atoms with Crippen molar-refractivity contribution in [2.75, 3.05) is 11.9 Å². The molecule has 7 nitrogen and oxygen atoms in total. The number of nitro benzene ring substituents is 1. The van der Waals surface area contributed by atoms with E-state index in [1.54, 1.807) is 19.1 Å².